The fraction of sp³-hybridized carbons (Fsp3) is 0.519. The third kappa shape index (κ3) is 5.88. The van der Waals surface area contributed by atoms with Crippen LogP contribution in [0, 0.1) is 11.7 Å². The smallest absolute Gasteiger partial charge is 0.254 e. The standard InChI is InChI=1S/C27H35FN2O4/c1-32-24-12-14-30-19-21(24)7-3-4-13-29(18-22-9-6-11-25(33-2)26(22)28)15-16-34-23-10-5-8-20(17-23)27(30)31/h5-6,8-11,17,21,24H,3-4,7,12-16,18-19H2,1-2H3/t21-,24+/m0/s1. The van der Waals surface area contributed by atoms with Crippen LogP contribution in [-0.4, -0.2) is 68.8 Å². The lowest BCUT2D eigenvalue weighted by Crippen LogP contribution is -2.46. The van der Waals surface area contributed by atoms with E-state index in [1.165, 1.54) is 7.11 Å². The van der Waals surface area contributed by atoms with Crippen LogP contribution < -0.4 is 9.47 Å². The van der Waals surface area contributed by atoms with Crippen LogP contribution in [-0.2, 0) is 11.3 Å². The van der Waals surface area contributed by atoms with Crippen LogP contribution in [0.2, 0.25) is 0 Å². The van der Waals surface area contributed by atoms with Crippen LogP contribution in [0.1, 0.15) is 41.6 Å². The first kappa shape index (κ1) is 24.5. The second-order valence-electron chi connectivity index (χ2n) is 9.16. The highest BCUT2D eigenvalue weighted by molar-refractivity contribution is 5.94. The van der Waals surface area contributed by atoms with E-state index in [1.807, 2.05) is 41.3 Å². The second kappa shape index (κ2) is 11.7. The van der Waals surface area contributed by atoms with Crippen LogP contribution >= 0.6 is 0 Å². The van der Waals surface area contributed by atoms with E-state index >= 15 is 0 Å². The number of nitrogens with zero attached hydrogens (tertiary/aromatic N) is 2. The summed E-state index contributed by atoms with van der Waals surface area (Å²) in [6, 6.07) is 12.7. The highest BCUT2D eigenvalue weighted by Gasteiger charge is 2.31. The number of hydrogen-bond donors (Lipinski definition) is 0. The number of carbonyl (C=O) groups is 1. The molecular weight excluding hydrogens is 435 g/mol. The second-order valence-corrected chi connectivity index (χ2v) is 9.16. The first-order chi connectivity index (χ1) is 16.6. The van der Waals surface area contributed by atoms with Gasteiger partial charge >= 0.3 is 0 Å². The van der Waals surface area contributed by atoms with Crippen molar-refractivity contribution in [2.75, 3.05) is 47.0 Å². The lowest BCUT2D eigenvalue weighted by Gasteiger charge is -2.38. The number of amides is 1. The number of ether oxygens (including phenoxy) is 3. The molecule has 34 heavy (non-hydrogen) atoms. The van der Waals surface area contributed by atoms with Gasteiger partial charge in [-0.2, -0.15) is 0 Å². The molecule has 2 aromatic rings. The predicted molar refractivity (Wildman–Crippen MR) is 129 cm³/mol. The summed E-state index contributed by atoms with van der Waals surface area (Å²) in [6.45, 7) is 3.86. The number of carbonyl (C=O) groups excluding carboxylic acids is 1. The molecule has 2 heterocycles. The molecule has 0 unspecified atom stereocenters. The van der Waals surface area contributed by atoms with Gasteiger partial charge in [-0.25, -0.2) is 4.39 Å². The van der Waals surface area contributed by atoms with E-state index < -0.39 is 0 Å². The van der Waals surface area contributed by atoms with Crippen molar-refractivity contribution in [2.45, 2.75) is 38.3 Å². The molecule has 1 saturated heterocycles. The van der Waals surface area contributed by atoms with Gasteiger partial charge in [0.2, 0.25) is 0 Å². The van der Waals surface area contributed by atoms with Crippen molar-refractivity contribution >= 4 is 5.91 Å². The van der Waals surface area contributed by atoms with E-state index in [1.54, 1.807) is 13.2 Å². The Balaban J connectivity index is 1.52. The van der Waals surface area contributed by atoms with Gasteiger partial charge in [-0.3, -0.25) is 9.69 Å². The SMILES string of the molecule is COc1cccc(CN2CCCC[C@H]3CN(CC[C@H]3OC)C(=O)c3cccc(c3)OCC2)c1F. The number of rotatable bonds is 4. The van der Waals surface area contributed by atoms with Gasteiger partial charge in [0.05, 0.1) is 13.2 Å². The molecule has 2 atom stereocenters. The van der Waals surface area contributed by atoms with Gasteiger partial charge < -0.3 is 19.1 Å². The maximum atomic E-state index is 14.8. The van der Waals surface area contributed by atoms with Gasteiger partial charge in [-0.05, 0) is 50.1 Å². The molecule has 0 aliphatic carbocycles. The highest BCUT2D eigenvalue weighted by atomic mass is 19.1. The molecule has 0 spiro atoms. The first-order valence-electron chi connectivity index (χ1n) is 12.2. The van der Waals surface area contributed by atoms with Gasteiger partial charge in [0.1, 0.15) is 12.4 Å². The molecule has 184 valence electrons. The van der Waals surface area contributed by atoms with Gasteiger partial charge in [0.15, 0.2) is 11.6 Å². The molecule has 2 aliphatic heterocycles. The fourth-order valence-corrected chi connectivity index (χ4v) is 5.07. The molecule has 7 heteroatoms. The number of fused-ring (bicyclic) bond motifs is 4. The molecule has 2 aliphatic rings. The minimum absolute atomic E-state index is 0.0509. The molecule has 0 radical (unpaired) electrons. The minimum Gasteiger partial charge on any atom is -0.494 e. The van der Waals surface area contributed by atoms with Crippen molar-refractivity contribution in [1.29, 1.82) is 0 Å². The van der Waals surface area contributed by atoms with E-state index in [4.69, 9.17) is 14.2 Å². The first-order valence-corrected chi connectivity index (χ1v) is 12.2. The molecule has 2 aromatic carbocycles. The summed E-state index contributed by atoms with van der Waals surface area (Å²) in [7, 11) is 3.25. The summed E-state index contributed by atoms with van der Waals surface area (Å²) >= 11 is 0. The molecule has 0 N–H and O–H groups in total. The Hall–Kier alpha value is -2.64. The summed E-state index contributed by atoms with van der Waals surface area (Å²) in [4.78, 5) is 17.4. The molecule has 1 amide bonds. The van der Waals surface area contributed by atoms with E-state index in [-0.39, 0.29) is 23.6 Å². The van der Waals surface area contributed by atoms with Crippen LogP contribution in [0.15, 0.2) is 42.5 Å². The molecule has 4 bridgehead atoms. The Morgan fingerprint density at radius 3 is 2.74 bits per heavy atom. The molecule has 4 rings (SSSR count). The quantitative estimate of drug-likeness (QED) is 0.664. The van der Waals surface area contributed by atoms with Gasteiger partial charge in [0.25, 0.3) is 5.91 Å². The molecular formula is C27H35FN2O4. The monoisotopic (exact) mass is 470 g/mol. The molecule has 1 fully saturated rings. The van der Waals surface area contributed by atoms with Crippen molar-refractivity contribution < 1.29 is 23.4 Å². The highest BCUT2D eigenvalue weighted by Crippen LogP contribution is 2.27. The lowest BCUT2D eigenvalue weighted by atomic mass is 9.89. The zero-order valence-electron chi connectivity index (χ0n) is 20.2. The van der Waals surface area contributed by atoms with E-state index in [0.717, 1.165) is 32.2 Å². The molecule has 0 saturated carbocycles. The van der Waals surface area contributed by atoms with E-state index in [9.17, 15) is 9.18 Å². The van der Waals surface area contributed by atoms with Crippen molar-refractivity contribution in [1.82, 2.24) is 9.80 Å². The van der Waals surface area contributed by atoms with Gasteiger partial charge in [-0.15, -0.1) is 0 Å². The van der Waals surface area contributed by atoms with Gasteiger partial charge in [0, 0.05) is 50.3 Å². The Labute approximate surface area is 201 Å². The minimum atomic E-state index is -0.307. The maximum absolute atomic E-state index is 14.8. The summed E-state index contributed by atoms with van der Waals surface area (Å²) < 4.78 is 31.7. The molecule has 6 nitrogen and oxygen atoms in total. The average molecular weight is 471 g/mol. The summed E-state index contributed by atoms with van der Waals surface area (Å²) in [5, 5.41) is 0. The topological polar surface area (TPSA) is 51.2 Å². The van der Waals surface area contributed by atoms with Crippen molar-refractivity contribution in [3.8, 4) is 11.5 Å². The number of piperidine rings is 1. The summed E-state index contributed by atoms with van der Waals surface area (Å²) in [6.07, 6.45) is 4.04. The zero-order valence-corrected chi connectivity index (χ0v) is 20.2. The van der Waals surface area contributed by atoms with Crippen LogP contribution in [0.5, 0.6) is 11.5 Å². The number of hydrogen-bond acceptors (Lipinski definition) is 5. The Morgan fingerprint density at radius 2 is 1.91 bits per heavy atom. The number of methoxy groups -OCH3 is 2. The van der Waals surface area contributed by atoms with Crippen LogP contribution in [0.25, 0.3) is 0 Å². The molecule has 0 aromatic heterocycles. The number of halogens is 1. The fourth-order valence-electron chi connectivity index (χ4n) is 5.07. The van der Waals surface area contributed by atoms with Crippen LogP contribution in [0.3, 0.4) is 0 Å². The summed E-state index contributed by atoms with van der Waals surface area (Å²) in [5.74, 6) is 1.00. The zero-order chi connectivity index (χ0) is 23.9. The number of benzene rings is 2. The Bertz CT molecular complexity index is 969. The Kier molecular flexibility index (Phi) is 8.40. The largest absolute Gasteiger partial charge is 0.494 e. The third-order valence-corrected chi connectivity index (χ3v) is 6.97. The van der Waals surface area contributed by atoms with Crippen molar-refractivity contribution in [3.63, 3.8) is 0 Å². The van der Waals surface area contributed by atoms with E-state index in [2.05, 4.69) is 4.90 Å². The lowest BCUT2D eigenvalue weighted by molar-refractivity contribution is -0.00677. The third-order valence-electron chi connectivity index (χ3n) is 6.97. The van der Waals surface area contributed by atoms with Crippen LogP contribution in [0.4, 0.5) is 4.39 Å². The average Bonchev–Trinajstić information content (AvgIpc) is 2.87. The van der Waals surface area contributed by atoms with Gasteiger partial charge in [-0.1, -0.05) is 24.6 Å². The maximum Gasteiger partial charge on any atom is 0.254 e. The Morgan fingerprint density at radius 1 is 1.06 bits per heavy atom. The normalized spacial score (nSPS) is 22.4. The van der Waals surface area contributed by atoms with E-state index in [0.29, 0.717) is 55.6 Å². The van der Waals surface area contributed by atoms with Crippen molar-refractivity contribution in [2.24, 2.45) is 5.92 Å². The predicted octanol–water partition coefficient (Wildman–Crippen LogP) is 4.38. The van der Waals surface area contributed by atoms with Crippen molar-refractivity contribution in [3.05, 3.63) is 59.4 Å². The summed E-state index contributed by atoms with van der Waals surface area (Å²) in [5.41, 5.74) is 1.27.